The van der Waals surface area contributed by atoms with Gasteiger partial charge < -0.3 is 15.0 Å². The number of carbonyl (C=O) groups is 1. The number of piperidine rings is 2. The number of ether oxygens (including phenoxy) is 1. The maximum Gasteiger partial charge on any atom is 0.410 e. The Hall–Kier alpha value is -1.91. The summed E-state index contributed by atoms with van der Waals surface area (Å²) in [5, 5.41) is 5.16. The second-order valence-corrected chi connectivity index (χ2v) is 18.5. The molecular weight excluding hydrogens is 727 g/mol. The summed E-state index contributed by atoms with van der Waals surface area (Å²) in [4.78, 5) is 25.4. The molecule has 6 heterocycles. The molecule has 0 bridgehead atoms. The molecule has 2 aromatic rings. The van der Waals surface area contributed by atoms with Gasteiger partial charge in [0.25, 0.3) is 0 Å². The lowest BCUT2D eigenvalue weighted by atomic mass is 9.94. The number of hydrogen-bond acceptors (Lipinski definition) is 7. The number of amides is 1. The third-order valence-electron chi connectivity index (χ3n) is 12.8. The second kappa shape index (κ2) is 20.2. The van der Waals surface area contributed by atoms with E-state index in [9.17, 15) is 4.79 Å². The number of rotatable bonds is 6. The average Bonchev–Trinajstić information content (AvgIpc) is 3.82. The van der Waals surface area contributed by atoms with Crippen LogP contribution in [0.25, 0.3) is 0 Å². The number of likely N-dealkylation sites (tertiary alicyclic amines) is 1. The largest absolute Gasteiger partial charge is 0.444 e. The molecule has 8 rings (SSSR count). The second-order valence-electron chi connectivity index (χ2n) is 17.6. The Morgan fingerprint density at radius 1 is 0.636 bits per heavy atom. The monoisotopic (exact) mass is 799 g/mol. The smallest absolute Gasteiger partial charge is 0.410 e. The number of fused-ring (bicyclic) bond motifs is 2. The molecule has 6 fully saturated rings. The van der Waals surface area contributed by atoms with Crippen molar-refractivity contribution in [3.63, 3.8) is 0 Å². The van der Waals surface area contributed by atoms with E-state index in [1.54, 1.807) is 0 Å². The zero-order valence-corrected chi connectivity index (χ0v) is 34.0. The number of nitrogens with one attached hydrogen (secondary N) is 1. The molecular formula is C45H72Cl2N6O2. The molecule has 0 aliphatic carbocycles. The number of benzene rings is 2. The van der Waals surface area contributed by atoms with Gasteiger partial charge in [0.15, 0.2) is 0 Å². The molecule has 55 heavy (non-hydrogen) atoms. The molecule has 4 atom stereocenters. The molecule has 8 nitrogen and oxygen atoms in total. The highest BCUT2D eigenvalue weighted by Gasteiger charge is 2.41. The zero-order valence-electron chi connectivity index (χ0n) is 32.5. The first-order chi connectivity index (χ1) is 25.6. The van der Waals surface area contributed by atoms with Crippen molar-refractivity contribution in [1.82, 2.24) is 29.8 Å². The van der Waals surface area contributed by atoms with Crippen LogP contribution >= 0.6 is 23.2 Å². The highest BCUT2D eigenvalue weighted by atomic mass is 35.5. The maximum atomic E-state index is 12.5. The molecule has 6 aliphatic heterocycles. The number of halogens is 2. The standard InChI is InChI=1S/C24H36ClN3O2.C19H28ClN3.2CH4/c1-24(2,3)30-23(29)26-13-10-20(11-14-26)28-17-21-5-4-12-27(21)16-22(28)15-18-6-8-19(25)9-7-18;20-16-5-3-15(4-6-16)12-19-13-22-11-1-2-18(22)14-23(19)17-7-9-21-10-8-17;;/h6-9,20-22H,4-5,10-17H2,1-3H3;3-6,17-19,21H,1-2,7-14H2;2*1H4/t21-,22?;18-,19?;;/m00../s1. The summed E-state index contributed by atoms with van der Waals surface area (Å²) in [6, 6.07) is 20.8. The van der Waals surface area contributed by atoms with Crippen LogP contribution in [-0.4, -0.2) is 138 Å². The fraction of sp³-hybridized carbons (Fsp3) is 0.711. The zero-order chi connectivity index (χ0) is 37.0. The molecule has 10 heteroatoms. The van der Waals surface area contributed by atoms with Gasteiger partial charge in [0.1, 0.15) is 5.60 Å². The van der Waals surface area contributed by atoms with Crippen LogP contribution in [0.3, 0.4) is 0 Å². The van der Waals surface area contributed by atoms with Crippen molar-refractivity contribution in [1.29, 1.82) is 0 Å². The summed E-state index contributed by atoms with van der Waals surface area (Å²) >= 11 is 12.1. The predicted molar refractivity (Wildman–Crippen MR) is 231 cm³/mol. The first kappa shape index (κ1) is 44.2. The molecule has 1 N–H and O–H groups in total. The van der Waals surface area contributed by atoms with E-state index in [4.69, 9.17) is 27.9 Å². The van der Waals surface area contributed by atoms with Gasteiger partial charge in [-0.1, -0.05) is 62.3 Å². The lowest BCUT2D eigenvalue weighted by Gasteiger charge is -2.49. The lowest BCUT2D eigenvalue weighted by molar-refractivity contribution is -0.0119. The number of nitrogens with zero attached hydrogens (tertiary/aromatic N) is 5. The van der Waals surface area contributed by atoms with E-state index in [2.05, 4.69) is 49.2 Å². The van der Waals surface area contributed by atoms with Gasteiger partial charge in [-0.3, -0.25) is 19.6 Å². The predicted octanol–water partition coefficient (Wildman–Crippen LogP) is 8.49. The van der Waals surface area contributed by atoms with Gasteiger partial charge in [0.2, 0.25) is 0 Å². The van der Waals surface area contributed by atoms with Crippen LogP contribution in [0.15, 0.2) is 48.5 Å². The molecule has 2 unspecified atom stereocenters. The van der Waals surface area contributed by atoms with Gasteiger partial charge in [-0.25, -0.2) is 4.79 Å². The fourth-order valence-electron chi connectivity index (χ4n) is 10.1. The van der Waals surface area contributed by atoms with Gasteiger partial charge in [-0.15, -0.1) is 0 Å². The Morgan fingerprint density at radius 3 is 1.51 bits per heavy atom. The third kappa shape index (κ3) is 11.8. The molecule has 2 aromatic carbocycles. The summed E-state index contributed by atoms with van der Waals surface area (Å²) in [6.07, 6.45) is 12.2. The van der Waals surface area contributed by atoms with Crippen LogP contribution in [0.4, 0.5) is 4.79 Å². The average molecular weight is 800 g/mol. The van der Waals surface area contributed by atoms with Crippen molar-refractivity contribution in [2.75, 3.05) is 65.4 Å². The van der Waals surface area contributed by atoms with E-state index in [1.807, 2.05) is 49.9 Å². The summed E-state index contributed by atoms with van der Waals surface area (Å²) in [7, 11) is 0. The van der Waals surface area contributed by atoms with Crippen molar-refractivity contribution >= 4 is 29.3 Å². The van der Waals surface area contributed by atoms with Gasteiger partial charge >= 0.3 is 6.09 Å². The van der Waals surface area contributed by atoms with Gasteiger partial charge in [0, 0.05) is 85.6 Å². The molecule has 0 aromatic heterocycles. The molecule has 1 amide bonds. The summed E-state index contributed by atoms with van der Waals surface area (Å²) in [5.41, 5.74) is 2.35. The van der Waals surface area contributed by atoms with Crippen molar-refractivity contribution in [2.45, 2.75) is 142 Å². The highest BCUT2D eigenvalue weighted by molar-refractivity contribution is 6.30. The minimum atomic E-state index is -0.434. The van der Waals surface area contributed by atoms with E-state index >= 15 is 0 Å². The lowest BCUT2D eigenvalue weighted by Crippen LogP contribution is -2.61. The van der Waals surface area contributed by atoms with E-state index < -0.39 is 5.60 Å². The Balaban J connectivity index is 0.000000210. The summed E-state index contributed by atoms with van der Waals surface area (Å²) < 4.78 is 5.58. The summed E-state index contributed by atoms with van der Waals surface area (Å²) in [5.74, 6) is 0. The molecule has 6 saturated heterocycles. The molecule has 308 valence electrons. The van der Waals surface area contributed by atoms with Crippen molar-refractivity contribution in [3.05, 3.63) is 69.7 Å². The summed E-state index contributed by atoms with van der Waals surface area (Å²) in [6.45, 7) is 17.1. The molecule has 6 aliphatic rings. The van der Waals surface area contributed by atoms with Crippen LogP contribution in [-0.2, 0) is 17.6 Å². The topological polar surface area (TPSA) is 54.5 Å². The number of piperazine rings is 2. The molecule has 0 radical (unpaired) electrons. The SMILES string of the molecule is C.C.CC(C)(C)OC(=O)N1CCC(N2C[C@@H]3CCCN3CC2Cc2ccc(Cl)cc2)CC1.Clc1ccc(CC2CN3CCC[C@H]3CN2C2CCNCC2)cc1. The maximum absolute atomic E-state index is 12.5. The van der Waals surface area contributed by atoms with Gasteiger partial charge in [-0.2, -0.15) is 0 Å². The van der Waals surface area contributed by atoms with E-state index in [0.717, 1.165) is 74.0 Å². The Morgan fingerprint density at radius 2 is 1.07 bits per heavy atom. The van der Waals surface area contributed by atoms with Crippen LogP contribution < -0.4 is 5.32 Å². The Bertz CT molecular complexity index is 1460. The van der Waals surface area contributed by atoms with Crippen molar-refractivity contribution in [2.24, 2.45) is 0 Å². The van der Waals surface area contributed by atoms with Crippen LogP contribution in [0.5, 0.6) is 0 Å². The first-order valence-electron chi connectivity index (χ1n) is 20.7. The fourth-order valence-corrected chi connectivity index (χ4v) is 10.4. The quantitative estimate of drug-likeness (QED) is 0.315. The first-order valence-corrected chi connectivity index (χ1v) is 21.5. The Labute approximate surface area is 344 Å². The highest BCUT2D eigenvalue weighted by Crippen LogP contribution is 2.32. The van der Waals surface area contributed by atoms with Crippen molar-refractivity contribution in [3.8, 4) is 0 Å². The van der Waals surface area contributed by atoms with Crippen molar-refractivity contribution < 1.29 is 9.53 Å². The van der Waals surface area contributed by atoms with E-state index in [-0.39, 0.29) is 20.9 Å². The van der Waals surface area contributed by atoms with Gasteiger partial charge in [-0.05, 0) is 147 Å². The van der Waals surface area contributed by atoms with E-state index in [0.29, 0.717) is 24.2 Å². The van der Waals surface area contributed by atoms with Crippen LogP contribution in [0.2, 0.25) is 10.0 Å². The third-order valence-corrected chi connectivity index (χ3v) is 13.3. The minimum absolute atomic E-state index is 0. The number of hydrogen-bond donors (Lipinski definition) is 1. The van der Waals surface area contributed by atoms with Gasteiger partial charge in [0.05, 0.1) is 0 Å². The van der Waals surface area contributed by atoms with Crippen LogP contribution in [0.1, 0.15) is 98.1 Å². The van der Waals surface area contributed by atoms with E-state index in [1.165, 1.54) is 88.9 Å². The Kier molecular flexibility index (Phi) is 16.2. The normalized spacial score (nSPS) is 27.3. The minimum Gasteiger partial charge on any atom is -0.444 e. The molecule has 0 saturated carbocycles. The van der Waals surface area contributed by atoms with Crippen LogP contribution in [0, 0.1) is 0 Å². The number of carbonyl (C=O) groups excluding carboxylic acids is 1. The molecule has 0 spiro atoms.